The number of aryl methyl sites for hydroxylation is 1. The van der Waals surface area contributed by atoms with Crippen LogP contribution in [0.25, 0.3) is 0 Å². The summed E-state index contributed by atoms with van der Waals surface area (Å²) in [6.07, 6.45) is 5.22. The molecule has 0 saturated carbocycles. The molecule has 2 aromatic carbocycles. The minimum Gasteiger partial charge on any atom is -0.376 e. The lowest BCUT2D eigenvalue weighted by Gasteiger charge is -2.20. The second-order valence-corrected chi connectivity index (χ2v) is 6.83. The van der Waals surface area contributed by atoms with Crippen molar-refractivity contribution < 1.29 is 9.53 Å². The first-order chi connectivity index (χ1) is 12.8. The van der Waals surface area contributed by atoms with Crippen LogP contribution in [0.3, 0.4) is 0 Å². The largest absolute Gasteiger partial charge is 0.376 e. The zero-order chi connectivity index (χ0) is 18.0. The number of benzene rings is 2. The highest BCUT2D eigenvalue weighted by molar-refractivity contribution is 5.74. The van der Waals surface area contributed by atoms with Gasteiger partial charge in [0.15, 0.2) is 0 Å². The van der Waals surface area contributed by atoms with Gasteiger partial charge in [0.1, 0.15) is 0 Å². The minimum atomic E-state index is -0.117. The van der Waals surface area contributed by atoms with E-state index < -0.39 is 0 Å². The van der Waals surface area contributed by atoms with E-state index in [4.69, 9.17) is 4.74 Å². The summed E-state index contributed by atoms with van der Waals surface area (Å²) in [6, 6.07) is 20.6. The molecule has 0 aliphatic carbocycles. The molecule has 1 aliphatic heterocycles. The first kappa shape index (κ1) is 18.5. The molecule has 1 aliphatic rings. The number of nitrogens with one attached hydrogen (secondary N) is 2. The Bertz CT molecular complexity index is 654. The van der Waals surface area contributed by atoms with Gasteiger partial charge in [0.2, 0.25) is 0 Å². The number of urea groups is 1. The van der Waals surface area contributed by atoms with Gasteiger partial charge < -0.3 is 15.4 Å². The molecule has 1 heterocycles. The Morgan fingerprint density at radius 3 is 2.50 bits per heavy atom. The SMILES string of the molecule is O=C(NC[C@H]1CCCO1)N[C@H](CCCc1ccccc1)c1ccccc1. The van der Waals surface area contributed by atoms with Crippen molar-refractivity contribution in [1.29, 1.82) is 0 Å². The van der Waals surface area contributed by atoms with E-state index in [9.17, 15) is 4.79 Å². The molecule has 2 N–H and O–H groups in total. The normalized spacial score (nSPS) is 17.6. The van der Waals surface area contributed by atoms with Gasteiger partial charge in [-0.25, -0.2) is 4.79 Å². The van der Waals surface area contributed by atoms with Gasteiger partial charge in [0, 0.05) is 13.2 Å². The summed E-state index contributed by atoms with van der Waals surface area (Å²) in [5, 5.41) is 6.10. The maximum Gasteiger partial charge on any atom is 0.315 e. The number of carbonyl (C=O) groups excluding carboxylic acids is 1. The maximum atomic E-state index is 12.3. The highest BCUT2D eigenvalue weighted by atomic mass is 16.5. The van der Waals surface area contributed by atoms with Crippen molar-refractivity contribution >= 4 is 6.03 Å². The molecule has 0 spiro atoms. The third-order valence-electron chi connectivity index (χ3n) is 4.82. The molecule has 1 fully saturated rings. The lowest BCUT2D eigenvalue weighted by Crippen LogP contribution is -2.41. The molecule has 1 saturated heterocycles. The molecule has 138 valence electrons. The van der Waals surface area contributed by atoms with Crippen molar-refractivity contribution in [2.75, 3.05) is 13.2 Å². The Morgan fingerprint density at radius 1 is 1.08 bits per heavy atom. The Balaban J connectivity index is 1.52. The Morgan fingerprint density at radius 2 is 1.81 bits per heavy atom. The quantitative estimate of drug-likeness (QED) is 0.747. The third kappa shape index (κ3) is 5.88. The summed E-state index contributed by atoms with van der Waals surface area (Å²) >= 11 is 0. The molecule has 0 bridgehead atoms. The van der Waals surface area contributed by atoms with Crippen LogP contribution in [0.4, 0.5) is 4.79 Å². The molecule has 26 heavy (non-hydrogen) atoms. The van der Waals surface area contributed by atoms with Gasteiger partial charge >= 0.3 is 6.03 Å². The smallest absolute Gasteiger partial charge is 0.315 e. The Kier molecular flexibility index (Phi) is 7.08. The number of hydrogen-bond donors (Lipinski definition) is 2. The Hall–Kier alpha value is -2.33. The van der Waals surface area contributed by atoms with E-state index in [0.717, 1.165) is 44.3 Å². The average Bonchev–Trinajstić information content (AvgIpc) is 3.21. The lowest BCUT2D eigenvalue weighted by atomic mass is 9.99. The van der Waals surface area contributed by atoms with Crippen LogP contribution >= 0.6 is 0 Å². The summed E-state index contributed by atoms with van der Waals surface area (Å²) in [6.45, 7) is 1.39. The predicted molar refractivity (Wildman–Crippen MR) is 104 cm³/mol. The molecule has 2 aromatic rings. The van der Waals surface area contributed by atoms with Crippen LogP contribution in [0, 0.1) is 0 Å². The van der Waals surface area contributed by atoms with E-state index in [1.807, 2.05) is 24.3 Å². The Labute approximate surface area is 156 Å². The van der Waals surface area contributed by atoms with Crippen molar-refractivity contribution in [2.24, 2.45) is 0 Å². The molecule has 2 atom stereocenters. The summed E-state index contributed by atoms with van der Waals surface area (Å²) in [5.74, 6) is 0. The van der Waals surface area contributed by atoms with Gasteiger partial charge in [-0.1, -0.05) is 60.7 Å². The van der Waals surface area contributed by atoms with Gasteiger partial charge in [0.05, 0.1) is 12.1 Å². The van der Waals surface area contributed by atoms with Crippen LogP contribution in [0.1, 0.15) is 42.9 Å². The molecule has 4 nitrogen and oxygen atoms in total. The van der Waals surface area contributed by atoms with Gasteiger partial charge in [-0.2, -0.15) is 0 Å². The van der Waals surface area contributed by atoms with Gasteiger partial charge in [-0.05, 0) is 43.2 Å². The first-order valence-corrected chi connectivity index (χ1v) is 9.56. The first-order valence-electron chi connectivity index (χ1n) is 9.56. The summed E-state index contributed by atoms with van der Waals surface area (Å²) in [4.78, 5) is 12.3. The molecule has 3 rings (SSSR count). The van der Waals surface area contributed by atoms with Crippen LogP contribution in [0.15, 0.2) is 60.7 Å². The van der Waals surface area contributed by atoms with Crippen molar-refractivity contribution in [3.05, 3.63) is 71.8 Å². The fourth-order valence-electron chi connectivity index (χ4n) is 3.38. The van der Waals surface area contributed by atoms with Crippen molar-refractivity contribution in [1.82, 2.24) is 10.6 Å². The van der Waals surface area contributed by atoms with Crippen molar-refractivity contribution in [2.45, 2.75) is 44.2 Å². The monoisotopic (exact) mass is 352 g/mol. The number of ether oxygens (including phenoxy) is 1. The molecule has 4 heteroatoms. The second-order valence-electron chi connectivity index (χ2n) is 6.83. The van der Waals surface area contributed by atoms with E-state index in [-0.39, 0.29) is 18.2 Å². The highest BCUT2D eigenvalue weighted by Gasteiger charge is 2.18. The fourth-order valence-corrected chi connectivity index (χ4v) is 3.38. The predicted octanol–water partition coefficient (Wildman–Crippen LogP) is 4.23. The maximum absolute atomic E-state index is 12.3. The van der Waals surface area contributed by atoms with Crippen LogP contribution in [-0.2, 0) is 11.2 Å². The van der Waals surface area contributed by atoms with E-state index in [1.54, 1.807) is 0 Å². The number of rotatable bonds is 8. The van der Waals surface area contributed by atoms with Gasteiger partial charge in [-0.3, -0.25) is 0 Å². The van der Waals surface area contributed by atoms with E-state index in [1.165, 1.54) is 5.56 Å². The topological polar surface area (TPSA) is 50.4 Å². The average molecular weight is 352 g/mol. The van der Waals surface area contributed by atoms with E-state index in [0.29, 0.717) is 6.54 Å². The minimum absolute atomic E-state index is 0.0180. The highest BCUT2D eigenvalue weighted by Crippen LogP contribution is 2.20. The molecule has 0 unspecified atom stereocenters. The van der Waals surface area contributed by atoms with Crippen LogP contribution < -0.4 is 10.6 Å². The van der Waals surface area contributed by atoms with Crippen molar-refractivity contribution in [3.8, 4) is 0 Å². The van der Waals surface area contributed by atoms with Crippen LogP contribution in [0.2, 0.25) is 0 Å². The van der Waals surface area contributed by atoms with E-state index >= 15 is 0 Å². The molecule has 0 aromatic heterocycles. The van der Waals surface area contributed by atoms with Crippen LogP contribution in [-0.4, -0.2) is 25.3 Å². The summed E-state index contributed by atoms with van der Waals surface area (Å²) in [5.41, 5.74) is 2.48. The number of hydrogen-bond acceptors (Lipinski definition) is 2. The number of amides is 2. The van der Waals surface area contributed by atoms with Gasteiger partial charge in [-0.15, -0.1) is 0 Å². The standard InChI is InChI=1S/C22H28N2O2/c25-22(23-17-20-14-8-16-26-20)24-21(19-12-5-2-6-13-19)15-7-11-18-9-3-1-4-10-18/h1-6,9-10,12-13,20-21H,7-8,11,14-17H2,(H2,23,24,25)/t20-,21-/m1/s1. The summed E-state index contributed by atoms with van der Waals surface area (Å²) < 4.78 is 5.56. The fraction of sp³-hybridized carbons (Fsp3) is 0.409. The zero-order valence-corrected chi connectivity index (χ0v) is 15.2. The molecular formula is C22H28N2O2. The molecule has 2 amide bonds. The van der Waals surface area contributed by atoms with Gasteiger partial charge in [0.25, 0.3) is 0 Å². The second kappa shape index (κ2) is 9.97. The third-order valence-corrected chi connectivity index (χ3v) is 4.82. The van der Waals surface area contributed by atoms with Crippen LogP contribution in [0.5, 0.6) is 0 Å². The molecule has 0 radical (unpaired) electrons. The van der Waals surface area contributed by atoms with Crippen molar-refractivity contribution in [3.63, 3.8) is 0 Å². The zero-order valence-electron chi connectivity index (χ0n) is 15.2. The van der Waals surface area contributed by atoms with E-state index in [2.05, 4.69) is 47.0 Å². The number of carbonyl (C=O) groups is 1. The molecular weight excluding hydrogens is 324 g/mol. The lowest BCUT2D eigenvalue weighted by molar-refractivity contribution is 0.111. The summed E-state index contributed by atoms with van der Waals surface area (Å²) in [7, 11) is 0.